The maximum absolute atomic E-state index is 12.8. The number of fused-ring (bicyclic) bond motifs is 2. The Hall–Kier alpha value is -2.54. The first-order chi connectivity index (χ1) is 16.7. The number of ether oxygens (including phenoxy) is 3. The van der Waals surface area contributed by atoms with Crippen molar-refractivity contribution in [2.24, 2.45) is 0 Å². The summed E-state index contributed by atoms with van der Waals surface area (Å²) < 4.78 is 24.1. The Morgan fingerprint density at radius 1 is 1.06 bits per heavy atom. The molecule has 1 amide bonds. The minimum Gasteiger partial charge on any atom is -0.487 e. The number of piperidine rings is 1. The molecule has 3 fully saturated rings. The Morgan fingerprint density at radius 2 is 1.71 bits per heavy atom. The van der Waals surface area contributed by atoms with Crippen molar-refractivity contribution in [2.45, 2.75) is 116 Å². The molecule has 7 heteroatoms. The third-order valence-electron chi connectivity index (χ3n) is 7.37. The lowest BCUT2D eigenvalue weighted by atomic mass is 10.00. The van der Waals surface area contributed by atoms with E-state index in [2.05, 4.69) is 31.1 Å². The predicted octanol–water partition coefficient (Wildman–Crippen LogP) is 6.19. The molecule has 190 valence electrons. The van der Waals surface area contributed by atoms with Gasteiger partial charge in [-0.05, 0) is 84.3 Å². The van der Waals surface area contributed by atoms with Gasteiger partial charge in [0.1, 0.15) is 29.4 Å². The Morgan fingerprint density at radius 3 is 2.31 bits per heavy atom. The zero-order valence-corrected chi connectivity index (χ0v) is 21.6. The summed E-state index contributed by atoms with van der Waals surface area (Å²) in [5, 5.41) is 4.38. The number of para-hydroxylation sites is 1. The summed E-state index contributed by atoms with van der Waals surface area (Å²) in [5.41, 5.74) is 3.61. The van der Waals surface area contributed by atoms with Crippen molar-refractivity contribution < 1.29 is 23.5 Å². The number of amides is 1. The number of aromatic nitrogens is 1. The van der Waals surface area contributed by atoms with Crippen LogP contribution < -0.4 is 4.74 Å². The van der Waals surface area contributed by atoms with Crippen molar-refractivity contribution in [1.29, 1.82) is 0 Å². The molecule has 0 radical (unpaired) electrons. The molecule has 5 rings (SSSR count). The van der Waals surface area contributed by atoms with Gasteiger partial charge in [-0.15, -0.1) is 0 Å². The molecule has 2 bridgehead atoms. The zero-order chi connectivity index (χ0) is 24.7. The highest BCUT2D eigenvalue weighted by molar-refractivity contribution is 5.69. The van der Waals surface area contributed by atoms with E-state index in [0.29, 0.717) is 19.1 Å². The van der Waals surface area contributed by atoms with Crippen LogP contribution in [0.4, 0.5) is 4.79 Å². The number of rotatable bonds is 7. The fraction of sp³-hybridized carbons (Fsp3) is 0.643. The van der Waals surface area contributed by atoms with E-state index in [9.17, 15) is 4.79 Å². The quantitative estimate of drug-likeness (QED) is 0.468. The van der Waals surface area contributed by atoms with Gasteiger partial charge in [0.15, 0.2) is 0 Å². The number of aryl methyl sites for hydroxylation is 2. The fourth-order valence-electron chi connectivity index (χ4n) is 5.54. The molecule has 3 heterocycles. The van der Waals surface area contributed by atoms with Crippen molar-refractivity contribution in [3.63, 3.8) is 0 Å². The lowest BCUT2D eigenvalue weighted by molar-refractivity contribution is -0.0401. The number of hydrogen-bond acceptors (Lipinski definition) is 6. The molecule has 1 aliphatic carbocycles. The first kappa shape index (κ1) is 24.2. The number of nitrogens with zero attached hydrogens (tertiary/aromatic N) is 2. The predicted molar refractivity (Wildman–Crippen MR) is 131 cm³/mol. The van der Waals surface area contributed by atoms with Crippen LogP contribution in [-0.4, -0.2) is 39.9 Å². The second-order valence-electron chi connectivity index (χ2n) is 11.4. The Labute approximate surface area is 208 Å². The standard InChI is InChI=1S/C28H38N2O5/c1-17-7-6-8-18(2)25(17)33-16-24-23(26(35-29-24)19-9-10-19)15-32-22-13-20-11-12-21(14-22)30(20)27(31)34-28(3,4)5/h6-8,19-22H,9-16H2,1-5H3. The van der Waals surface area contributed by atoms with Crippen molar-refractivity contribution >= 4 is 6.09 Å². The summed E-state index contributed by atoms with van der Waals surface area (Å²) in [7, 11) is 0. The maximum atomic E-state index is 12.8. The van der Waals surface area contributed by atoms with E-state index >= 15 is 0 Å². The summed E-state index contributed by atoms with van der Waals surface area (Å²) in [6, 6.07) is 6.53. The maximum Gasteiger partial charge on any atom is 0.410 e. The molecule has 0 spiro atoms. The van der Waals surface area contributed by atoms with Crippen LogP contribution in [0, 0.1) is 13.8 Å². The first-order valence-corrected chi connectivity index (χ1v) is 13.0. The minimum atomic E-state index is -0.479. The van der Waals surface area contributed by atoms with Gasteiger partial charge in [-0.3, -0.25) is 0 Å². The molecule has 2 saturated heterocycles. The highest BCUT2D eigenvalue weighted by atomic mass is 16.6. The van der Waals surface area contributed by atoms with Crippen molar-refractivity contribution in [2.75, 3.05) is 0 Å². The van der Waals surface area contributed by atoms with E-state index in [1.54, 1.807) is 0 Å². The van der Waals surface area contributed by atoms with Gasteiger partial charge in [0.05, 0.1) is 12.7 Å². The molecule has 2 aromatic rings. The van der Waals surface area contributed by atoms with E-state index in [4.69, 9.17) is 18.7 Å². The van der Waals surface area contributed by atoms with Crippen LogP contribution >= 0.6 is 0 Å². The molecule has 2 unspecified atom stereocenters. The lowest BCUT2D eigenvalue weighted by Crippen LogP contribution is -2.50. The van der Waals surface area contributed by atoms with Gasteiger partial charge >= 0.3 is 6.09 Å². The second-order valence-corrected chi connectivity index (χ2v) is 11.4. The van der Waals surface area contributed by atoms with Crippen LogP contribution in [0.1, 0.15) is 93.4 Å². The third-order valence-corrected chi connectivity index (χ3v) is 7.37. The van der Waals surface area contributed by atoms with E-state index in [1.807, 2.05) is 31.7 Å². The summed E-state index contributed by atoms with van der Waals surface area (Å²) in [5.74, 6) is 2.31. The molecule has 2 atom stereocenters. The van der Waals surface area contributed by atoms with Crippen molar-refractivity contribution in [1.82, 2.24) is 10.1 Å². The summed E-state index contributed by atoms with van der Waals surface area (Å²) in [4.78, 5) is 14.7. The minimum absolute atomic E-state index is 0.112. The van der Waals surface area contributed by atoms with Crippen LogP contribution in [0.2, 0.25) is 0 Å². The topological polar surface area (TPSA) is 74.0 Å². The SMILES string of the molecule is Cc1cccc(C)c1OCc1noc(C2CC2)c1COC1CC2CCC(C1)N2C(=O)OC(C)(C)C. The van der Waals surface area contributed by atoms with E-state index in [1.165, 1.54) is 0 Å². The Bertz CT molecular complexity index is 1030. The van der Waals surface area contributed by atoms with Crippen LogP contribution in [0.5, 0.6) is 5.75 Å². The summed E-state index contributed by atoms with van der Waals surface area (Å²) in [6.07, 6.45) is 5.90. The van der Waals surface area contributed by atoms with Crippen LogP contribution in [0.15, 0.2) is 22.7 Å². The van der Waals surface area contributed by atoms with Gasteiger partial charge in [0.25, 0.3) is 0 Å². The number of benzene rings is 1. The molecule has 0 N–H and O–H groups in total. The van der Waals surface area contributed by atoms with Crippen LogP contribution in [-0.2, 0) is 22.7 Å². The largest absolute Gasteiger partial charge is 0.487 e. The Balaban J connectivity index is 1.23. The molecule has 1 aromatic heterocycles. The Kier molecular flexibility index (Phi) is 6.55. The number of hydrogen-bond donors (Lipinski definition) is 0. The fourth-order valence-corrected chi connectivity index (χ4v) is 5.54. The first-order valence-electron chi connectivity index (χ1n) is 13.0. The molecular weight excluding hydrogens is 444 g/mol. The van der Waals surface area contributed by atoms with Crippen molar-refractivity contribution in [3.8, 4) is 5.75 Å². The lowest BCUT2D eigenvalue weighted by Gasteiger charge is -2.39. The van der Waals surface area contributed by atoms with E-state index in [0.717, 1.165) is 72.4 Å². The molecule has 1 saturated carbocycles. The monoisotopic (exact) mass is 482 g/mol. The summed E-state index contributed by atoms with van der Waals surface area (Å²) in [6.45, 7) is 10.7. The number of carbonyl (C=O) groups excluding carboxylic acids is 1. The molecule has 1 aromatic carbocycles. The van der Waals surface area contributed by atoms with E-state index < -0.39 is 5.60 Å². The average molecular weight is 483 g/mol. The normalized spacial score (nSPS) is 24.0. The third kappa shape index (κ3) is 5.35. The van der Waals surface area contributed by atoms with Crippen LogP contribution in [0.25, 0.3) is 0 Å². The average Bonchev–Trinajstić information content (AvgIpc) is 3.48. The summed E-state index contributed by atoms with van der Waals surface area (Å²) >= 11 is 0. The van der Waals surface area contributed by atoms with Gasteiger partial charge in [0.2, 0.25) is 0 Å². The van der Waals surface area contributed by atoms with Crippen molar-refractivity contribution in [3.05, 3.63) is 46.3 Å². The van der Waals surface area contributed by atoms with Gasteiger partial charge in [-0.2, -0.15) is 0 Å². The highest BCUT2D eigenvalue weighted by Gasteiger charge is 2.45. The van der Waals surface area contributed by atoms with Gasteiger partial charge in [-0.25, -0.2) is 4.79 Å². The smallest absolute Gasteiger partial charge is 0.410 e. The number of carbonyl (C=O) groups is 1. The zero-order valence-electron chi connectivity index (χ0n) is 21.6. The molecular formula is C28H38N2O5. The molecule has 35 heavy (non-hydrogen) atoms. The van der Waals surface area contributed by atoms with Gasteiger partial charge < -0.3 is 23.6 Å². The van der Waals surface area contributed by atoms with Gasteiger partial charge in [-0.1, -0.05) is 23.4 Å². The highest BCUT2D eigenvalue weighted by Crippen LogP contribution is 2.43. The van der Waals surface area contributed by atoms with Gasteiger partial charge in [0, 0.05) is 23.6 Å². The molecule has 3 aliphatic rings. The van der Waals surface area contributed by atoms with E-state index in [-0.39, 0.29) is 24.3 Å². The van der Waals surface area contributed by atoms with Crippen LogP contribution in [0.3, 0.4) is 0 Å². The molecule has 2 aliphatic heterocycles. The second kappa shape index (κ2) is 9.49. The molecule has 7 nitrogen and oxygen atoms in total.